The Labute approximate surface area is 92.4 Å². The fourth-order valence-electron chi connectivity index (χ4n) is 1.60. The van der Waals surface area contributed by atoms with Crippen LogP contribution in [0, 0.1) is 12.8 Å². The lowest BCUT2D eigenvalue weighted by Gasteiger charge is -2.14. The summed E-state index contributed by atoms with van der Waals surface area (Å²) in [4.78, 5) is 0. The summed E-state index contributed by atoms with van der Waals surface area (Å²) in [6, 6.07) is 8.13. The molecule has 2 nitrogen and oxygen atoms in total. The Morgan fingerprint density at radius 2 is 2.20 bits per heavy atom. The van der Waals surface area contributed by atoms with Crippen LogP contribution in [0.2, 0.25) is 0 Å². The second kappa shape index (κ2) is 6.46. The van der Waals surface area contributed by atoms with Crippen molar-refractivity contribution >= 4 is 0 Å². The molecule has 1 aromatic rings. The van der Waals surface area contributed by atoms with Gasteiger partial charge in [0, 0.05) is 5.92 Å². The van der Waals surface area contributed by atoms with Crippen LogP contribution in [0.4, 0.5) is 0 Å². The summed E-state index contributed by atoms with van der Waals surface area (Å²) >= 11 is 0. The van der Waals surface area contributed by atoms with Crippen molar-refractivity contribution in [2.24, 2.45) is 11.7 Å². The lowest BCUT2D eigenvalue weighted by atomic mass is 10.1. The van der Waals surface area contributed by atoms with Crippen molar-refractivity contribution in [3.05, 3.63) is 29.8 Å². The van der Waals surface area contributed by atoms with Crippen LogP contribution in [-0.2, 0) is 0 Å². The molecule has 1 unspecified atom stereocenters. The normalized spacial score (nSPS) is 12.5. The maximum absolute atomic E-state index is 5.71. The van der Waals surface area contributed by atoms with Crippen LogP contribution in [0.15, 0.2) is 24.3 Å². The zero-order valence-electron chi connectivity index (χ0n) is 9.70. The molecule has 0 radical (unpaired) electrons. The van der Waals surface area contributed by atoms with Gasteiger partial charge in [0.1, 0.15) is 5.75 Å². The van der Waals surface area contributed by atoms with E-state index in [4.69, 9.17) is 10.5 Å². The van der Waals surface area contributed by atoms with Crippen molar-refractivity contribution < 1.29 is 4.74 Å². The van der Waals surface area contributed by atoms with E-state index < -0.39 is 0 Å². The van der Waals surface area contributed by atoms with Crippen LogP contribution in [-0.4, -0.2) is 13.2 Å². The number of nitrogens with two attached hydrogens (primary N) is 1. The van der Waals surface area contributed by atoms with Gasteiger partial charge in [-0.3, -0.25) is 0 Å². The molecule has 0 saturated carbocycles. The minimum Gasteiger partial charge on any atom is -0.493 e. The van der Waals surface area contributed by atoms with E-state index in [1.165, 1.54) is 12.0 Å². The van der Waals surface area contributed by atoms with Gasteiger partial charge in [-0.05, 0) is 37.6 Å². The predicted molar refractivity (Wildman–Crippen MR) is 64.1 cm³/mol. The van der Waals surface area contributed by atoms with E-state index in [0.717, 1.165) is 18.8 Å². The van der Waals surface area contributed by atoms with Crippen molar-refractivity contribution in [1.29, 1.82) is 0 Å². The summed E-state index contributed by atoms with van der Waals surface area (Å²) in [5.41, 5.74) is 6.90. The Morgan fingerprint density at radius 1 is 1.40 bits per heavy atom. The molecule has 1 aromatic carbocycles. The number of hydrogen-bond donors (Lipinski definition) is 1. The van der Waals surface area contributed by atoms with Gasteiger partial charge in [-0.1, -0.05) is 25.5 Å². The van der Waals surface area contributed by atoms with E-state index in [1.807, 2.05) is 12.1 Å². The molecule has 0 bridgehead atoms. The zero-order chi connectivity index (χ0) is 11.1. The van der Waals surface area contributed by atoms with Gasteiger partial charge < -0.3 is 10.5 Å². The first kappa shape index (κ1) is 12.1. The zero-order valence-corrected chi connectivity index (χ0v) is 9.70. The smallest absolute Gasteiger partial charge is 0.119 e. The molecule has 0 aliphatic rings. The summed E-state index contributed by atoms with van der Waals surface area (Å²) in [7, 11) is 0. The molecule has 15 heavy (non-hydrogen) atoms. The van der Waals surface area contributed by atoms with Gasteiger partial charge in [-0.25, -0.2) is 0 Å². The molecule has 0 aliphatic heterocycles. The third-order valence-corrected chi connectivity index (χ3v) is 2.51. The van der Waals surface area contributed by atoms with Crippen molar-refractivity contribution in [3.8, 4) is 5.75 Å². The van der Waals surface area contributed by atoms with Crippen LogP contribution < -0.4 is 10.5 Å². The molecule has 0 amide bonds. The van der Waals surface area contributed by atoms with Gasteiger partial charge in [0.2, 0.25) is 0 Å². The van der Waals surface area contributed by atoms with Crippen LogP contribution >= 0.6 is 0 Å². The van der Waals surface area contributed by atoms with Gasteiger partial charge >= 0.3 is 0 Å². The fourth-order valence-corrected chi connectivity index (χ4v) is 1.60. The van der Waals surface area contributed by atoms with Crippen molar-refractivity contribution in [2.75, 3.05) is 13.2 Å². The quantitative estimate of drug-likeness (QED) is 0.778. The first-order valence-corrected chi connectivity index (χ1v) is 5.65. The minimum absolute atomic E-state index is 0.482. The molecule has 1 atom stereocenters. The Kier molecular flexibility index (Phi) is 5.19. The lowest BCUT2D eigenvalue weighted by molar-refractivity contribution is 0.243. The Morgan fingerprint density at radius 3 is 2.80 bits per heavy atom. The van der Waals surface area contributed by atoms with E-state index >= 15 is 0 Å². The van der Waals surface area contributed by atoms with E-state index in [0.29, 0.717) is 12.5 Å². The first-order chi connectivity index (χ1) is 7.26. The number of benzene rings is 1. The Balaban J connectivity index is 2.41. The third kappa shape index (κ3) is 4.34. The summed E-state index contributed by atoms with van der Waals surface area (Å²) in [5, 5.41) is 0. The molecule has 2 N–H and O–H groups in total. The van der Waals surface area contributed by atoms with Gasteiger partial charge in [-0.15, -0.1) is 0 Å². The molecule has 0 aromatic heterocycles. The van der Waals surface area contributed by atoms with E-state index in [-0.39, 0.29) is 0 Å². The van der Waals surface area contributed by atoms with Gasteiger partial charge in [0.15, 0.2) is 0 Å². The number of rotatable bonds is 6. The summed E-state index contributed by atoms with van der Waals surface area (Å²) in [5.74, 6) is 1.43. The van der Waals surface area contributed by atoms with Crippen molar-refractivity contribution in [2.45, 2.75) is 26.7 Å². The SMILES string of the molecule is CCCC(CN)COc1cccc(C)c1. The summed E-state index contributed by atoms with van der Waals surface area (Å²) in [6.07, 6.45) is 2.31. The maximum atomic E-state index is 5.71. The topological polar surface area (TPSA) is 35.2 Å². The number of hydrogen-bond acceptors (Lipinski definition) is 2. The largest absolute Gasteiger partial charge is 0.493 e. The average Bonchev–Trinajstić information content (AvgIpc) is 2.24. The molecule has 1 rings (SSSR count). The van der Waals surface area contributed by atoms with Crippen molar-refractivity contribution in [1.82, 2.24) is 0 Å². The molecular formula is C13H21NO. The summed E-state index contributed by atoms with van der Waals surface area (Å²) < 4.78 is 5.71. The van der Waals surface area contributed by atoms with E-state index in [2.05, 4.69) is 26.0 Å². The lowest BCUT2D eigenvalue weighted by Crippen LogP contribution is -2.21. The Bertz CT molecular complexity index is 286. The van der Waals surface area contributed by atoms with E-state index in [1.54, 1.807) is 0 Å². The fraction of sp³-hybridized carbons (Fsp3) is 0.538. The highest BCUT2D eigenvalue weighted by Crippen LogP contribution is 2.14. The highest BCUT2D eigenvalue weighted by molar-refractivity contribution is 5.27. The molecule has 0 saturated heterocycles. The third-order valence-electron chi connectivity index (χ3n) is 2.51. The van der Waals surface area contributed by atoms with Crippen molar-refractivity contribution in [3.63, 3.8) is 0 Å². The summed E-state index contributed by atoms with van der Waals surface area (Å²) in [6.45, 7) is 5.68. The van der Waals surface area contributed by atoms with Crippen LogP contribution in [0.5, 0.6) is 5.75 Å². The van der Waals surface area contributed by atoms with Gasteiger partial charge in [-0.2, -0.15) is 0 Å². The Hall–Kier alpha value is -1.02. The highest BCUT2D eigenvalue weighted by Gasteiger charge is 2.06. The minimum atomic E-state index is 0.482. The monoisotopic (exact) mass is 207 g/mol. The maximum Gasteiger partial charge on any atom is 0.119 e. The van der Waals surface area contributed by atoms with Gasteiger partial charge in [0.05, 0.1) is 6.61 Å². The highest BCUT2D eigenvalue weighted by atomic mass is 16.5. The second-order valence-corrected chi connectivity index (χ2v) is 4.02. The molecular weight excluding hydrogens is 186 g/mol. The molecule has 84 valence electrons. The van der Waals surface area contributed by atoms with Gasteiger partial charge in [0.25, 0.3) is 0 Å². The molecule has 2 heteroatoms. The average molecular weight is 207 g/mol. The first-order valence-electron chi connectivity index (χ1n) is 5.65. The molecule has 0 aliphatic carbocycles. The molecule has 0 fully saturated rings. The van der Waals surface area contributed by atoms with Crippen LogP contribution in [0.25, 0.3) is 0 Å². The van der Waals surface area contributed by atoms with Crippen LogP contribution in [0.1, 0.15) is 25.3 Å². The second-order valence-electron chi connectivity index (χ2n) is 4.02. The number of ether oxygens (including phenoxy) is 1. The molecule has 0 spiro atoms. The predicted octanol–water partition coefficient (Wildman–Crippen LogP) is 2.75. The number of aryl methyl sites for hydroxylation is 1. The van der Waals surface area contributed by atoms with E-state index in [9.17, 15) is 0 Å². The molecule has 0 heterocycles. The standard InChI is InChI=1S/C13H21NO/c1-3-5-12(9-14)10-15-13-7-4-6-11(2)8-13/h4,6-8,12H,3,5,9-10,14H2,1-2H3. The van der Waals surface area contributed by atoms with Crippen LogP contribution in [0.3, 0.4) is 0 Å².